The zero-order valence-corrected chi connectivity index (χ0v) is 6.58. The predicted octanol–water partition coefficient (Wildman–Crippen LogP) is 3.00. The van der Waals surface area contributed by atoms with Gasteiger partial charge in [-0.1, -0.05) is 11.6 Å². The Morgan fingerprint density at radius 1 is 1.33 bits per heavy atom. The van der Waals surface area contributed by atoms with Gasteiger partial charge in [-0.3, -0.25) is 0 Å². The Hall–Kier alpha value is -0.900. The van der Waals surface area contributed by atoms with E-state index in [1.807, 2.05) is 0 Å². The van der Waals surface area contributed by atoms with Crippen LogP contribution in [0.4, 0.5) is 18.9 Å². The smallest absolute Gasteiger partial charge is 0.268 e. The third-order valence-corrected chi connectivity index (χ3v) is 1.56. The highest BCUT2D eigenvalue weighted by Crippen LogP contribution is 2.30. The molecule has 2 N–H and O–H groups in total. The zero-order chi connectivity index (χ0) is 9.30. The molecule has 0 aliphatic heterocycles. The maximum Gasteiger partial charge on any atom is 0.268 e. The summed E-state index contributed by atoms with van der Waals surface area (Å²) in [6.45, 7) is 0. The lowest BCUT2D eigenvalue weighted by Gasteiger charge is -2.05. The third kappa shape index (κ3) is 1.64. The first-order valence-corrected chi connectivity index (χ1v) is 3.42. The van der Waals surface area contributed by atoms with E-state index in [4.69, 9.17) is 17.3 Å². The van der Waals surface area contributed by atoms with Crippen LogP contribution in [0.25, 0.3) is 0 Å². The first-order valence-electron chi connectivity index (χ1n) is 3.05. The first-order chi connectivity index (χ1) is 5.52. The van der Waals surface area contributed by atoms with Gasteiger partial charge in [-0.2, -0.15) is 0 Å². The number of nitrogens with two attached hydrogens (primary N) is 1. The summed E-state index contributed by atoms with van der Waals surface area (Å²) in [6, 6.07) is 1.89. The molecule has 66 valence electrons. The Kier molecular flexibility index (Phi) is 2.47. The predicted molar refractivity (Wildman–Crippen MR) is 40.8 cm³/mol. The van der Waals surface area contributed by atoms with Gasteiger partial charge in [0.25, 0.3) is 6.43 Å². The summed E-state index contributed by atoms with van der Waals surface area (Å²) < 4.78 is 36.8. The molecule has 0 spiro atoms. The van der Waals surface area contributed by atoms with Crippen LogP contribution in [-0.2, 0) is 0 Å². The number of alkyl halides is 2. The minimum absolute atomic E-state index is 0.00870. The fourth-order valence-corrected chi connectivity index (χ4v) is 1.05. The topological polar surface area (TPSA) is 26.0 Å². The number of anilines is 1. The summed E-state index contributed by atoms with van der Waals surface area (Å²) in [5.41, 5.74) is 4.00. The maximum absolute atomic E-state index is 12.7. The SMILES string of the molecule is Nc1cc(Cl)cc(F)c1C(F)F. The normalized spacial score (nSPS) is 10.8. The molecule has 5 heteroatoms. The number of hydrogen-bond acceptors (Lipinski definition) is 1. The molecule has 0 atom stereocenters. The number of hydrogen-bond donors (Lipinski definition) is 1. The van der Waals surface area contributed by atoms with Crippen molar-refractivity contribution < 1.29 is 13.2 Å². The van der Waals surface area contributed by atoms with Gasteiger partial charge in [-0.15, -0.1) is 0 Å². The van der Waals surface area contributed by atoms with E-state index in [1.54, 1.807) is 0 Å². The number of halogens is 4. The number of benzene rings is 1. The highest BCUT2D eigenvalue weighted by Gasteiger charge is 2.17. The molecule has 0 aliphatic carbocycles. The van der Waals surface area contributed by atoms with Crippen molar-refractivity contribution in [3.63, 3.8) is 0 Å². The Morgan fingerprint density at radius 3 is 2.33 bits per heavy atom. The van der Waals surface area contributed by atoms with Gasteiger partial charge in [-0.05, 0) is 12.1 Å². The third-order valence-electron chi connectivity index (χ3n) is 1.34. The summed E-state index contributed by atoms with van der Waals surface area (Å²) in [5.74, 6) is -1.07. The minimum atomic E-state index is -2.91. The Morgan fingerprint density at radius 2 is 1.92 bits per heavy atom. The minimum Gasteiger partial charge on any atom is -0.398 e. The van der Waals surface area contributed by atoms with E-state index in [2.05, 4.69) is 0 Å². The lowest BCUT2D eigenvalue weighted by atomic mass is 10.2. The Balaban J connectivity index is 3.28. The van der Waals surface area contributed by atoms with Crippen LogP contribution in [0, 0.1) is 5.82 Å². The van der Waals surface area contributed by atoms with Crippen molar-refractivity contribution in [2.45, 2.75) is 6.43 Å². The molecule has 1 nitrogen and oxygen atoms in total. The van der Waals surface area contributed by atoms with Crippen molar-refractivity contribution in [1.29, 1.82) is 0 Å². The standard InChI is InChI=1S/C7H5ClF3N/c8-3-1-4(9)6(7(10)11)5(12)2-3/h1-2,7H,12H2. The van der Waals surface area contributed by atoms with Crippen molar-refractivity contribution in [3.8, 4) is 0 Å². The van der Waals surface area contributed by atoms with E-state index in [-0.39, 0.29) is 10.7 Å². The monoisotopic (exact) mass is 195 g/mol. The molecule has 0 aromatic heterocycles. The van der Waals surface area contributed by atoms with Crippen molar-refractivity contribution in [2.24, 2.45) is 0 Å². The molecule has 0 amide bonds. The van der Waals surface area contributed by atoms with Crippen LogP contribution in [0.15, 0.2) is 12.1 Å². The molecular weight excluding hydrogens is 191 g/mol. The van der Waals surface area contributed by atoms with Crippen molar-refractivity contribution in [1.82, 2.24) is 0 Å². The molecule has 1 rings (SSSR count). The van der Waals surface area contributed by atoms with Crippen LogP contribution < -0.4 is 5.73 Å². The molecule has 0 saturated heterocycles. The molecule has 1 aromatic carbocycles. The molecule has 0 heterocycles. The molecule has 0 aliphatic rings. The first kappa shape index (κ1) is 9.19. The van der Waals surface area contributed by atoms with Crippen LogP contribution >= 0.6 is 11.6 Å². The summed E-state index contributed by atoms with van der Waals surface area (Å²) in [7, 11) is 0. The summed E-state index contributed by atoms with van der Waals surface area (Å²) in [6.07, 6.45) is -2.91. The quantitative estimate of drug-likeness (QED) is 0.685. The average Bonchev–Trinajstić information content (AvgIpc) is 1.82. The number of rotatable bonds is 1. The zero-order valence-electron chi connectivity index (χ0n) is 5.82. The summed E-state index contributed by atoms with van der Waals surface area (Å²) in [5, 5.41) is 0.00870. The van der Waals surface area contributed by atoms with Gasteiger partial charge >= 0.3 is 0 Å². The van der Waals surface area contributed by atoms with E-state index in [1.165, 1.54) is 0 Å². The fourth-order valence-electron chi connectivity index (χ4n) is 0.835. The fraction of sp³-hybridized carbons (Fsp3) is 0.143. The highest BCUT2D eigenvalue weighted by atomic mass is 35.5. The van der Waals surface area contributed by atoms with Crippen LogP contribution in [0.2, 0.25) is 5.02 Å². The van der Waals surface area contributed by atoms with Gasteiger partial charge in [0.1, 0.15) is 5.82 Å². The van der Waals surface area contributed by atoms with E-state index in [9.17, 15) is 13.2 Å². The molecule has 0 unspecified atom stereocenters. The van der Waals surface area contributed by atoms with E-state index >= 15 is 0 Å². The number of nitrogen functional groups attached to an aromatic ring is 1. The molecule has 1 aromatic rings. The second kappa shape index (κ2) is 3.23. The molecule has 0 saturated carbocycles. The summed E-state index contributed by atoms with van der Waals surface area (Å²) >= 11 is 5.36. The van der Waals surface area contributed by atoms with Gasteiger partial charge < -0.3 is 5.73 Å². The molecule has 0 radical (unpaired) electrons. The molecule has 0 fully saturated rings. The van der Waals surface area contributed by atoms with Gasteiger partial charge in [-0.25, -0.2) is 13.2 Å². The molecule has 12 heavy (non-hydrogen) atoms. The lowest BCUT2D eigenvalue weighted by molar-refractivity contribution is 0.147. The van der Waals surface area contributed by atoms with Gasteiger partial charge in [0.15, 0.2) is 0 Å². The molecule has 0 bridgehead atoms. The Bertz CT molecular complexity index is 278. The van der Waals surface area contributed by atoms with E-state index in [0.717, 1.165) is 12.1 Å². The lowest BCUT2D eigenvalue weighted by Crippen LogP contribution is -1.98. The van der Waals surface area contributed by atoms with Gasteiger partial charge in [0.2, 0.25) is 0 Å². The van der Waals surface area contributed by atoms with Crippen LogP contribution in [0.5, 0.6) is 0 Å². The van der Waals surface area contributed by atoms with Crippen molar-refractivity contribution in [3.05, 3.63) is 28.5 Å². The van der Waals surface area contributed by atoms with Crippen LogP contribution in [0.3, 0.4) is 0 Å². The van der Waals surface area contributed by atoms with Gasteiger partial charge in [0.05, 0.1) is 5.56 Å². The van der Waals surface area contributed by atoms with Crippen molar-refractivity contribution >= 4 is 17.3 Å². The second-order valence-electron chi connectivity index (χ2n) is 2.19. The highest BCUT2D eigenvalue weighted by molar-refractivity contribution is 6.30. The van der Waals surface area contributed by atoms with Crippen LogP contribution in [0.1, 0.15) is 12.0 Å². The molecular formula is C7H5ClF3N. The second-order valence-corrected chi connectivity index (χ2v) is 2.63. The summed E-state index contributed by atoms with van der Waals surface area (Å²) in [4.78, 5) is 0. The van der Waals surface area contributed by atoms with Crippen LogP contribution in [-0.4, -0.2) is 0 Å². The maximum atomic E-state index is 12.7. The van der Waals surface area contributed by atoms with Gasteiger partial charge in [0, 0.05) is 10.7 Å². The van der Waals surface area contributed by atoms with E-state index in [0.29, 0.717) is 0 Å². The largest absolute Gasteiger partial charge is 0.398 e. The van der Waals surface area contributed by atoms with Crippen molar-refractivity contribution in [2.75, 3.05) is 5.73 Å². The Labute approximate surface area is 71.9 Å². The average molecular weight is 196 g/mol. The van der Waals surface area contributed by atoms with E-state index < -0.39 is 17.8 Å².